The van der Waals surface area contributed by atoms with E-state index in [1.165, 1.54) is 17.8 Å². The molecule has 3 nitrogen and oxygen atoms in total. The third-order valence-electron chi connectivity index (χ3n) is 5.61. The Morgan fingerprint density at radius 1 is 1.08 bits per heavy atom. The number of nitrogens with zero attached hydrogens (tertiary/aromatic N) is 2. The van der Waals surface area contributed by atoms with Crippen molar-refractivity contribution in [2.45, 2.75) is 31.7 Å². The summed E-state index contributed by atoms with van der Waals surface area (Å²) in [6, 6.07) is 13.6. The van der Waals surface area contributed by atoms with Gasteiger partial charge in [-0.15, -0.1) is 0 Å². The van der Waals surface area contributed by atoms with Gasteiger partial charge in [0.2, 0.25) is 0 Å². The molecule has 2 atom stereocenters. The van der Waals surface area contributed by atoms with Crippen molar-refractivity contribution in [2.75, 3.05) is 13.6 Å². The number of H-pyrrole nitrogens is 1. The van der Waals surface area contributed by atoms with Crippen molar-refractivity contribution in [3.8, 4) is 22.4 Å². The number of aromatic nitrogens is 2. The molecule has 3 aromatic rings. The highest BCUT2D eigenvalue weighted by atomic mass is 19.1. The lowest BCUT2D eigenvalue weighted by atomic mass is 9.89. The highest BCUT2D eigenvalue weighted by Crippen LogP contribution is 2.38. The Labute approximate surface area is 153 Å². The first-order chi connectivity index (χ1) is 12.6. The Bertz CT molecular complexity index is 870. The quantitative estimate of drug-likeness (QED) is 0.715. The third kappa shape index (κ3) is 3.29. The van der Waals surface area contributed by atoms with Gasteiger partial charge in [-0.05, 0) is 86.9 Å². The van der Waals surface area contributed by atoms with Crippen LogP contribution in [0.3, 0.4) is 0 Å². The van der Waals surface area contributed by atoms with E-state index in [0.717, 1.165) is 41.8 Å². The first-order valence-electron chi connectivity index (χ1n) is 9.21. The molecule has 4 rings (SSSR count). The highest BCUT2D eigenvalue weighted by molar-refractivity contribution is 5.82. The minimum Gasteiger partial charge on any atom is -0.358 e. The fourth-order valence-electron chi connectivity index (χ4n) is 3.87. The minimum atomic E-state index is -0.213. The van der Waals surface area contributed by atoms with Crippen LogP contribution in [0.25, 0.3) is 22.4 Å². The molecule has 0 aliphatic carbocycles. The number of hydrogen-bond acceptors (Lipinski definition) is 2. The van der Waals surface area contributed by atoms with Crippen molar-refractivity contribution in [1.29, 1.82) is 0 Å². The maximum atomic E-state index is 13.4. The van der Waals surface area contributed by atoms with E-state index in [9.17, 15) is 4.39 Å². The minimum absolute atomic E-state index is 0.213. The number of benzene rings is 1. The SMILES string of the molecule is C[C@@H]1C[C@H](c2cc(-c3ccncc3)c(-c3ccc(F)cc3)[nH]2)CCN1C. The summed E-state index contributed by atoms with van der Waals surface area (Å²) in [6.45, 7) is 3.40. The lowest BCUT2D eigenvalue weighted by Crippen LogP contribution is -2.36. The number of pyridine rings is 1. The second-order valence-corrected chi connectivity index (χ2v) is 7.31. The normalized spacial score (nSPS) is 21.0. The lowest BCUT2D eigenvalue weighted by molar-refractivity contribution is 0.181. The summed E-state index contributed by atoms with van der Waals surface area (Å²) in [5.41, 5.74) is 5.61. The Kier molecular flexibility index (Phi) is 4.60. The van der Waals surface area contributed by atoms with E-state index in [0.29, 0.717) is 12.0 Å². The molecule has 1 saturated heterocycles. The predicted molar refractivity (Wildman–Crippen MR) is 103 cm³/mol. The van der Waals surface area contributed by atoms with Crippen LogP contribution in [0, 0.1) is 5.82 Å². The summed E-state index contributed by atoms with van der Waals surface area (Å²) < 4.78 is 13.4. The molecule has 0 spiro atoms. The van der Waals surface area contributed by atoms with Gasteiger partial charge in [0.05, 0.1) is 5.69 Å². The molecule has 0 bridgehead atoms. The van der Waals surface area contributed by atoms with E-state index in [4.69, 9.17) is 0 Å². The van der Waals surface area contributed by atoms with Crippen LogP contribution >= 0.6 is 0 Å². The molecule has 1 fully saturated rings. The molecule has 134 valence electrons. The maximum Gasteiger partial charge on any atom is 0.123 e. The standard InChI is InChI=1S/C22H24FN3/c1-15-13-18(9-12-26(15)2)21-14-20(16-7-10-24-11-8-16)22(25-21)17-3-5-19(23)6-4-17/h3-8,10-11,14-15,18,25H,9,12-13H2,1-2H3/t15-,18-/m1/s1. The van der Waals surface area contributed by atoms with Crippen molar-refractivity contribution in [1.82, 2.24) is 14.9 Å². The third-order valence-corrected chi connectivity index (χ3v) is 5.61. The molecule has 2 aromatic heterocycles. The predicted octanol–water partition coefficient (Wildman–Crippen LogP) is 5.08. The first kappa shape index (κ1) is 17.0. The van der Waals surface area contributed by atoms with Gasteiger partial charge in [-0.25, -0.2) is 4.39 Å². The average molecular weight is 349 g/mol. The number of likely N-dealkylation sites (tertiary alicyclic amines) is 1. The van der Waals surface area contributed by atoms with Gasteiger partial charge in [0, 0.05) is 35.6 Å². The van der Waals surface area contributed by atoms with Gasteiger partial charge >= 0.3 is 0 Å². The highest BCUT2D eigenvalue weighted by Gasteiger charge is 2.26. The molecule has 0 radical (unpaired) electrons. The molecule has 0 saturated carbocycles. The van der Waals surface area contributed by atoms with Crippen molar-refractivity contribution < 1.29 is 4.39 Å². The number of rotatable bonds is 3. The van der Waals surface area contributed by atoms with E-state index in [2.05, 4.69) is 34.9 Å². The summed E-state index contributed by atoms with van der Waals surface area (Å²) in [5.74, 6) is 0.311. The Balaban J connectivity index is 1.77. The number of hydrogen-bond donors (Lipinski definition) is 1. The van der Waals surface area contributed by atoms with E-state index in [-0.39, 0.29) is 5.82 Å². The fourth-order valence-corrected chi connectivity index (χ4v) is 3.87. The molecule has 1 N–H and O–H groups in total. The zero-order chi connectivity index (χ0) is 18.1. The maximum absolute atomic E-state index is 13.4. The summed E-state index contributed by atoms with van der Waals surface area (Å²) in [6.07, 6.45) is 5.93. The Hall–Kier alpha value is -2.46. The van der Waals surface area contributed by atoms with Crippen LogP contribution in [-0.2, 0) is 0 Å². The number of piperidine rings is 1. The monoisotopic (exact) mass is 349 g/mol. The molecular weight excluding hydrogens is 325 g/mol. The first-order valence-corrected chi connectivity index (χ1v) is 9.21. The van der Waals surface area contributed by atoms with Crippen LogP contribution in [0.2, 0.25) is 0 Å². The van der Waals surface area contributed by atoms with Crippen molar-refractivity contribution in [3.05, 3.63) is 66.4 Å². The van der Waals surface area contributed by atoms with Crippen molar-refractivity contribution in [2.24, 2.45) is 0 Å². The van der Waals surface area contributed by atoms with Gasteiger partial charge in [-0.1, -0.05) is 0 Å². The summed E-state index contributed by atoms with van der Waals surface area (Å²) >= 11 is 0. The summed E-state index contributed by atoms with van der Waals surface area (Å²) in [5, 5.41) is 0. The molecule has 26 heavy (non-hydrogen) atoms. The largest absolute Gasteiger partial charge is 0.358 e. The molecule has 3 heterocycles. The van der Waals surface area contributed by atoms with Gasteiger partial charge in [-0.2, -0.15) is 0 Å². The van der Waals surface area contributed by atoms with E-state index in [1.54, 1.807) is 0 Å². The molecule has 0 unspecified atom stereocenters. The van der Waals surface area contributed by atoms with Crippen LogP contribution in [0.5, 0.6) is 0 Å². The zero-order valence-corrected chi connectivity index (χ0v) is 15.2. The Morgan fingerprint density at radius 2 is 1.81 bits per heavy atom. The number of nitrogens with one attached hydrogen (secondary N) is 1. The Morgan fingerprint density at radius 3 is 2.50 bits per heavy atom. The summed E-state index contributed by atoms with van der Waals surface area (Å²) in [7, 11) is 2.20. The van der Waals surface area contributed by atoms with Crippen LogP contribution < -0.4 is 0 Å². The van der Waals surface area contributed by atoms with Crippen LogP contribution in [0.15, 0.2) is 54.9 Å². The van der Waals surface area contributed by atoms with Gasteiger partial charge in [-0.3, -0.25) is 4.98 Å². The van der Waals surface area contributed by atoms with Gasteiger partial charge in [0.25, 0.3) is 0 Å². The zero-order valence-electron chi connectivity index (χ0n) is 15.2. The van der Waals surface area contributed by atoms with E-state index < -0.39 is 0 Å². The lowest BCUT2D eigenvalue weighted by Gasteiger charge is -2.34. The smallest absolute Gasteiger partial charge is 0.123 e. The average Bonchev–Trinajstić information content (AvgIpc) is 3.11. The van der Waals surface area contributed by atoms with E-state index in [1.807, 2.05) is 36.7 Å². The molecule has 1 aliphatic heterocycles. The second-order valence-electron chi connectivity index (χ2n) is 7.31. The van der Waals surface area contributed by atoms with E-state index >= 15 is 0 Å². The molecule has 4 heteroatoms. The van der Waals surface area contributed by atoms with Crippen molar-refractivity contribution >= 4 is 0 Å². The molecular formula is C22H24FN3. The van der Waals surface area contributed by atoms with Crippen LogP contribution in [0.4, 0.5) is 4.39 Å². The second kappa shape index (κ2) is 7.04. The fraction of sp³-hybridized carbons (Fsp3) is 0.318. The molecule has 1 aromatic carbocycles. The molecule has 1 aliphatic rings. The van der Waals surface area contributed by atoms with Gasteiger partial charge in [0.15, 0.2) is 0 Å². The number of halogens is 1. The molecule has 0 amide bonds. The van der Waals surface area contributed by atoms with Gasteiger partial charge < -0.3 is 9.88 Å². The van der Waals surface area contributed by atoms with Crippen LogP contribution in [0.1, 0.15) is 31.4 Å². The number of aromatic amines is 1. The topological polar surface area (TPSA) is 31.9 Å². The van der Waals surface area contributed by atoms with Gasteiger partial charge in [0.1, 0.15) is 5.82 Å². The van der Waals surface area contributed by atoms with Crippen molar-refractivity contribution in [3.63, 3.8) is 0 Å². The summed E-state index contributed by atoms with van der Waals surface area (Å²) in [4.78, 5) is 10.2. The van der Waals surface area contributed by atoms with Crippen LogP contribution in [-0.4, -0.2) is 34.5 Å².